The van der Waals surface area contributed by atoms with Crippen LogP contribution in [0.3, 0.4) is 0 Å². The van der Waals surface area contributed by atoms with Crippen molar-refractivity contribution in [1.29, 1.82) is 0 Å². The van der Waals surface area contributed by atoms with Crippen molar-refractivity contribution < 1.29 is 19.4 Å². The summed E-state index contributed by atoms with van der Waals surface area (Å²) in [4.78, 5) is 28.3. The molecule has 1 heterocycles. The van der Waals surface area contributed by atoms with E-state index in [0.29, 0.717) is 23.3 Å². The lowest BCUT2D eigenvalue weighted by Gasteiger charge is -2.17. The number of aryl methyl sites for hydroxylation is 1. The van der Waals surface area contributed by atoms with Gasteiger partial charge in [-0.1, -0.05) is 13.3 Å². The Balaban J connectivity index is 1.75. The predicted octanol–water partition coefficient (Wildman–Crippen LogP) is 4.43. The molecular weight excluding hydrogens is 368 g/mol. The number of aliphatic carboxylic acids is 1. The number of carboxylic acid groups (broad SMARTS) is 1. The summed E-state index contributed by atoms with van der Waals surface area (Å²) in [6.45, 7) is 3.82. The Kier molecular flexibility index (Phi) is 6.44. The number of nitrogens with zero attached hydrogens (tertiary/aromatic N) is 2. The molecule has 0 aliphatic rings. The van der Waals surface area contributed by atoms with Crippen molar-refractivity contribution in [2.75, 3.05) is 0 Å². The molecular formula is C23H24N2O4. The third-order valence-corrected chi connectivity index (χ3v) is 4.73. The summed E-state index contributed by atoms with van der Waals surface area (Å²) in [5, 5.41) is 9.35. The summed E-state index contributed by atoms with van der Waals surface area (Å²) < 4.78 is 7.55. The molecule has 150 valence electrons. The number of hydrogen-bond acceptors (Lipinski definition) is 4. The number of rotatable bonds is 9. The Labute approximate surface area is 169 Å². The lowest BCUT2D eigenvalue weighted by molar-refractivity contribution is -0.145. The van der Waals surface area contributed by atoms with E-state index in [9.17, 15) is 14.7 Å². The second-order valence-electron chi connectivity index (χ2n) is 6.91. The molecule has 0 radical (unpaired) electrons. The van der Waals surface area contributed by atoms with Crippen LogP contribution in [0.15, 0.2) is 61.2 Å². The number of aromatic nitrogens is 2. The first-order chi connectivity index (χ1) is 14.0. The Morgan fingerprint density at radius 3 is 2.45 bits per heavy atom. The van der Waals surface area contributed by atoms with Crippen LogP contribution in [0.25, 0.3) is 5.69 Å². The second kappa shape index (κ2) is 9.19. The summed E-state index contributed by atoms with van der Waals surface area (Å²) in [5.74, 6) is -0.589. The van der Waals surface area contributed by atoms with E-state index in [-0.39, 0.29) is 5.78 Å². The number of unbranched alkanes of at least 4 members (excludes halogenated alkanes) is 1. The summed E-state index contributed by atoms with van der Waals surface area (Å²) in [6.07, 6.45) is 6.48. The normalized spacial score (nSPS) is 11.8. The zero-order chi connectivity index (χ0) is 20.8. The maximum Gasteiger partial charge on any atom is 0.344 e. The molecule has 1 N–H and O–H groups in total. The fourth-order valence-corrected chi connectivity index (χ4v) is 3.06. The maximum atomic E-state index is 12.8. The van der Waals surface area contributed by atoms with Crippen LogP contribution in [0.2, 0.25) is 0 Å². The van der Waals surface area contributed by atoms with Gasteiger partial charge in [0.1, 0.15) is 5.75 Å². The largest absolute Gasteiger partial charge is 0.479 e. The molecule has 0 aliphatic heterocycles. The Hall–Kier alpha value is -3.41. The van der Waals surface area contributed by atoms with Crippen LogP contribution in [0.4, 0.5) is 0 Å². The molecule has 6 nitrogen and oxygen atoms in total. The third kappa shape index (κ3) is 4.90. The van der Waals surface area contributed by atoms with Crippen LogP contribution in [-0.4, -0.2) is 32.5 Å². The number of benzene rings is 2. The van der Waals surface area contributed by atoms with E-state index >= 15 is 0 Å². The molecule has 0 spiro atoms. The highest BCUT2D eigenvalue weighted by Gasteiger charge is 2.20. The number of carbonyl (C=O) groups is 2. The zero-order valence-corrected chi connectivity index (χ0v) is 16.5. The van der Waals surface area contributed by atoms with Gasteiger partial charge in [0.05, 0.1) is 6.33 Å². The van der Waals surface area contributed by atoms with E-state index < -0.39 is 12.1 Å². The maximum absolute atomic E-state index is 12.8. The van der Waals surface area contributed by atoms with Crippen LogP contribution in [0, 0.1) is 6.92 Å². The quantitative estimate of drug-likeness (QED) is 0.545. The van der Waals surface area contributed by atoms with Gasteiger partial charge in [-0.05, 0) is 67.8 Å². The van der Waals surface area contributed by atoms with Gasteiger partial charge < -0.3 is 14.4 Å². The average Bonchev–Trinajstić information content (AvgIpc) is 3.26. The van der Waals surface area contributed by atoms with Crippen molar-refractivity contribution >= 4 is 11.8 Å². The van der Waals surface area contributed by atoms with Gasteiger partial charge in [-0.2, -0.15) is 0 Å². The van der Waals surface area contributed by atoms with E-state index in [4.69, 9.17) is 4.74 Å². The van der Waals surface area contributed by atoms with Crippen molar-refractivity contribution in [2.45, 2.75) is 39.2 Å². The van der Waals surface area contributed by atoms with Gasteiger partial charge >= 0.3 is 5.97 Å². The number of carbonyl (C=O) groups excluding carboxylic acids is 1. The first-order valence-electron chi connectivity index (χ1n) is 9.62. The first-order valence-corrected chi connectivity index (χ1v) is 9.62. The zero-order valence-electron chi connectivity index (χ0n) is 16.5. The summed E-state index contributed by atoms with van der Waals surface area (Å²) in [7, 11) is 0. The number of ketones is 1. The summed E-state index contributed by atoms with van der Waals surface area (Å²) >= 11 is 0. The lowest BCUT2D eigenvalue weighted by Crippen LogP contribution is -2.27. The number of carboxylic acids is 1. The van der Waals surface area contributed by atoms with Crippen LogP contribution in [0.1, 0.15) is 47.7 Å². The molecule has 0 amide bonds. The lowest BCUT2D eigenvalue weighted by atomic mass is 10.0. The van der Waals surface area contributed by atoms with Gasteiger partial charge in [0.15, 0.2) is 11.9 Å². The van der Waals surface area contributed by atoms with Crippen molar-refractivity contribution in [3.05, 3.63) is 77.9 Å². The van der Waals surface area contributed by atoms with E-state index in [1.54, 1.807) is 42.9 Å². The molecule has 2 aromatic carbocycles. The minimum atomic E-state index is -0.976. The molecule has 0 fully saturated rings. The van der Waals surface area contributed by atoms with Crippen LogP contribution >= 0.6 is 0 Å². The molecule has 1 aromatic heterocycles. The number of imidazole rings is 1. The first kappa shape index (κ1) is 20.3. The number of hydrogen-bond donors (Lipinski definition) is 1. The summed E-state index contributed by atoms with van der Waals surface area (Å²) in [5.41, 5.74) is 2.76. The van der Waals surface area contributed by atoms with E-state index in [0.717, 1.165) is 24.1 Å². The highest BCUT2D eigenvalue weighted by atomic mass is 16.5. The van der Waals surface area contributed by atoms with E-state index in [2.05, 4.69) is 4.98 Å². The van der Waals surface area contributed by atoms with Gasteiger partial charge in [-0.3, -0.25) is 4.79 Å². The molecule has 0 aliphatic carbocycles. The minimum Gasteiger partial charge on any atom is -0.479 e. The molecule has 3 rings (SSSR count). The average molecular weight is 392 g/mol. The number of ether oxygens (including phenoxy) is 1. The van der Waals surface area contributed by atoms with Crippen molar-refractivity contribution in [2.24, 2.45) is 0 Å². The predicted molar refractivity (Wildman–Crippen MR) is 110 cm³/mol. The highest BCUT2D eigenvalue weighted by Crippen LogP contribution is 2.24. The Morgan fingerprint density at radius 1 is 1.14 bits per heavy atom. The molecule has 0 bridgehead atoms. The third-order valence-electron chi connectivity index (χ3n) is 4.73. The van der Waals surface area contributed by atoms with Crippen molar-refractivity contribution in [3.8, 4) is 11.4 Å². The molecule has 3 aromatic rings. The van der Waals surface area contributed by atoms with Gasteiger partial charge in [-0.15, -0.1) is 0 Å². The van der Waals surface area contributed by atoms with Gasteiger partial charge in [0.25, 0.3) is 0 Å². The van der Waals surface area contributed by atoms with E-state index in [1.807, 2.05) is 36.7 Å². The molecule has 1 atom stereocenters. The minimum absolute atomic E-state index is 0.0994. The van der Waals surface area contributed by atoms with Gasteiger partial charge in [0, 0.05) is 29.2 Å². The van der Waals surface area contributed by atoms with Crippen LogP contribution < -0.4 is 4.74 Å². The topological polar surface area (TPSA) is 81.4 Å². The Bertz CT molecular complexity index is 979. The SMILES string of the molecule is CCCCC(Oc1ccc(C(=O)c2ccc(-n3ccnc3)cc2)cc1C)C(=O)O. The smallest absolute Gasteiger partial charge is 0.344 e. The molecule has 29 heavy (non-hydrogen) atoms. The van der Waals surface area contributed by atoms with Crippen molar-refractivity contribution in [1.82, 2.24) is 9.55 Å². The standard InChI is InChI=1S/C23H24N2O4/c1-3-4-5-21(23(27)28)29-20-11-8-18(14-16(20)2)22(26)17-6-9-19(10-7-17)25-13-12-24-15-25/h6-15,21H,3-5H2,1-2H3,(H,27,28). The second-order valence-corrected chi connectivity index (χ2v) is 6.91. The van der Waals surface area contributed by atoms with Crippen molar-refractivity contribution in [3.63, 3.8) is 0 Å². The fourth-order valence-electron chi connectivity index (χ4n) is 3.06. The highest BCUT2D eigenvalue weighted by molar-refractivity contribution is 6.09. The molecule has 1 unspecified atom stereocenters. The monoisotopic (exact) mass is 392 g/mol. The fraction of sp³-hybridized carbons (Fsp3) is 0.261. The molecule has 0 saturated heterocycles. The Morgan fingerprint density at radius 2 is 1.86 bits per heavy atom. The summed E-state index contributed by atoms with van der Waals surface area (Å²) in [6, 6.07) is 12.4. The molecule has 0 saturated carbocycles. The van der Waals surface area contributed by atoms with E-state index in [1.165, 1.54) is 0 Å². The van der Waals surface area contributed by atoms with Gasteiger partial charge in [-0.25, -0.2) is 9.78 Å². The van der Waals surface area contributed by atoms with Gasteiger partial charge in [0.2, 0.25) is 0 Å². The van der Waals surface area contributed by atoms with Crippen LogP contribution in [-0.2, 0) is 4.79 Å². The van der Waals surface area contributed by atoms with Crippen LogP contribution in [0.5, 0.6) is 5.75 Å². The molecule has 6 heteroatoms.